The molecule has 1 N–H and O–H groups in total. The van der Waals surface area contributed by atoms with Crippen LogP contribution in [0.2, 0.25) is 0 Å². The van der Waals surface area contributed by atoms with Gasteiger partial charge in [0.25, 0.3) is 5.69 Å². The summed E-state index contributed by atoms with van der Waals surface area (Å²) in [5, 5.41) is 8.77. The molecule has 0 aliphatic heterocycles. The summed E-state index contributed by atoms with van der Waals surface area (Å²) in [5.74, 6) is -0.871. The second kappa shape index (κ2) is 3.85. The van der Waals surface area contributed by atoms with Crippen molar-refractivity contribution in [1.29, 1.82) is 0 Å². The van der Waals surface area contributed by atoms with E-state index in [1.165, 1.54) is 0 Å². The van der Waals surface area contributed by atoms with E-state index >= 15 is 0 Å². The summed E-state index contributed by atoms with van der Waals surface area (Å²) in [6, 6.07) is 5.18. The third-order valence-electron chi connectivity index (χ3n) is 1.62. The van der Waals surface area contributed by atoms with E-state index in [2.05, 4.69) is 0 Å². The molecule has 3 nitrogen and oxygen atoms in total. The number of aryl methyl sites for hydroxylation is 1. The van der Waals surface area contributed by atoms with E-state index in [0.29, 0.717) is 5.69 Å². The highest BCUT2D eigenvalue weighted by Crippen LogP contribution is 1.91. The molecule has 0 saturated heterocycles. The molecule has 12 heavy (non-hydrogen) atoms. The van der Waals surface area contributed by atoms with Gasteiger partial charge in [0.05, 0.1) is 0 Å². The van der Waals surface area contributed by atoms with Gasteiger partial charge in [-0.2, -0.15) is 4.57 Å². The molecule has 1 aromatic heterocycles. The minimum absolute atomic E-state index is 0.347. The topological polar surface area (TPSA) is 41.2 Å². The first-order valence-corrected chi connectivity index (χ1v) is 3.97. The third kappa shape index (κ3) is 1.81. The molecular weight excluding hydrogens is 154 g/mol. The van der Waals surface area contributed by atoms with Gasteiger partial charge in [-0.15, -0.1) is 0 Å². The van der Waals surface area contributed by atoms with Crippen LogP contribution in [0.15, 0.2) is 24.4 Å². The van der Waals surface area contributed by atoms with E-state index in [1.54, 1.807) is 22.9 Å². The number of carbonyl (C=O) groups is 1. The Kier molecular flexibility index (Phi) is 2.80. The molecule has 0 aliphatic carbocycles. The predicted octanol–water partition coefficient (Wildman–Crippen LogP) is 1.08. The highest BCUT2D eigenvalue weighted by atomic mass is 16.4. The van der Waals surface area contributed by atoms with Gasteiger partial charge >= 0.3 is 5.97 Å². The van der Waals surface area contributed by atoms with Crippen LogP contribution >= 0.6 is 0 Å². The van der Waals surface area contributed by atoms with Crippen molar-refractivity contribution in [2.24, 2.45) is 0 Å². The van der Waals surface area contributed by atoms with Crippen LogP contribution in [0.3, 0.4) is 0 Å². The lowest BCUT2D eigenvalue weighted by atomic mass is 10.3. The van der Waals surface area contributed by atoms with Gasteiger partial charge in [0.15, 0.2) is 6.20 Å². The molecule has 0 spiro atoms. The van der Waals surface area contributed by atoms with Crippen molar-refractivity contribution < 1.29 is 14.5 Å². The molecule has 0 aromatic carbocycles. The maximum absolute atomic E-state index is 10.7. The number of hydrogen-bond acceptors (Lipinski definition) is 1. The smallest absolute Gasteiger partial charge is 0.401 e. The highest BCUT2D eigenvalue weighted by Gasteiger charge is 2.15. The quantitative estimate of drug-likeness (QED) is 0.683. The molecule has 1 rings (SSSR count). The Morgan fingerprint density at radius 3 is 2.92 bits per heavy atom. The zero-order valence-corrected chi connectivity index (χ0v) is 7.03. The van der Waals surface area contributed by atoms with Gasteiger partial charge in [0.2, 0.25) is 0 Å². The fourth-order valence-electron chi connectivity index (χ4n) is 1.11. The van der Waals surface area contributed by atoms with Crippen LogP contribution < -0.4 is 4.57 Å². The molecule has 0 radical (unpaired) electrons. The van der Waals surface area contributed by atoms with Crippen LogP contribution in [0.4, 0.5) is 0 Å². The molecular formula is C9H12NO2+. The average Bonchev–Trinajstić information content (AvgIpc) is 2.05. The summed E-state index contributed by atoms with van der Waals surface area (Å²) in [5.41, 5.74) is 0.347. The number of rotatable bonds is 3. The molecule has 0 aliphatic rings. The molecule has 3 heteroatoms. The summed E-state index contributed by atoms with van der Waals surface area (Å²) in [6.45, 7) is 2.77. The number of aromatic carboxylic acids is 1. The maximum Gasteiger partial charge on any atom is 0.401 e. The number of nitrogens with zero attached hydrogens (tertiary/aromatic N) is 1. The molecule has 1 aromatic rings. The van der Waals surface area contributed by atoms with Crippen molar-refractivity contribution in [3.8, 4) is 0 Å². The van der Waals surface area contributed by atoms with Crippen LogP contribution in [-0.2, 0) is 6.54 Å². The van der Waals surface area contributed by atoms with E-state index in [1.807, 2.05) is 13.0 Å². The van der Waals surface area contributed by atoms with Crippen molar-refractivity contribution in [3.05, 3.63) is 30.1 Å². The summed E-state index contributed by atoms with van der Waals surface area (Å²) in [7, 11) is 0. The second-order valence-electron chi connectivity index (χ2n) is 2.58. The minimum Gasteiger partial charge on any atom is -0.473 e. The summed E-state index contributed by atoms with van der Waals surface area (Å²) in [4.78, 5) is 10.7. The zero-order chi connectivity index (χ0) is 8.97. The number of carboxylic acids is 1. The van der Waals surface area contributed by atoms with E-state index in [9.17, 15) is 4.79 Å². The Bertz CT molecular complexity index is 284. The van der Waals surface area contributed by atoms with Crippen LogP contribution in [0.25, 0.3) is 0 Å². The molecule has 0 unspecified atom stereocenters. The lowest BCUT2D eigenvalue weighted by Gasteiger charge is -1.96. The monoisotopic (exact) mass is 166 g/mol. The van der Waals surface area contributed by atoms with Gasteiger partial charge < -0.3 is 5.11 Å². The predicted molar refractivity (Wildman–Crippen MR) is 43.9 cm³/mol. The maximum atomic E-state index is 10.7. The van der Waals surface area contributed by atoms with Crippen molar-refractivity contribution in [1.82, 2.24) is 0 Å². The Morgan fingerprint density at radius 2 is 2.33 bits per heavy atom. The van der Waals surface area contributed by atoms with Gasteiger partial charge in [-0.1, -0.05) is 6.92 Å². The fourth-order valence-corrected chi connectivity index (χ4v) is 1.11. The van der Waals surface area contributed by atoms with Crippen LogP contribution in [0.5, 0.6) is 0 Å². The molecule has 0 fully saturated rings. The van der Waals surface area contributed by atoms with Gasteiger partial charge in [-0.05, 0) is 6.07 Å². The molecule has 0 saturated carbocycles. The van der Waals surface area contributed by atoms with Gasteiger partial charge in [-0.25, -0.2) is 4.79 Å². The van der Waals surface area contributed by atoms with E-state index in [4.69, 9.17) is 5.11 Å². The Labute approximate surface area is 71.3 Å². The van der Waals surface area contributed by atoms with Gasteiger partial charge in [0, 0.05) is 18.6 Å². The number of pyridine rings is 1. The van der Waals surface area contributed by atoms with E-state index in [-0.39, 0.29) is 0 Å². The normalized spacial score (nSPS) is 9.75. The molecule has 0 atom stereocenters. The highest BCUT2D eigenvalue weighted by molar-refractivity contribution is 5.83. The van der Waals surface area contributed by atoms with Crippen LogP contribution in [-0.4, -0.2) is 11.1 Å². The van der Waals surface area contributed by atoms with Gasteiger partial charge in [0.1, 0.15) is 6.54 Å². The largest absolute Gasteiger partial charge is 0.473 e. The molecule has 0 bridgehead atoms. The van der Waals surface area contributed by atoms with Crippen molar-refractivity contribution in [2.45, 2.75) is 19.9 Å². The second-order valence-corrected chi connectivity index (χ2v) is 2.58. The lowest BCUT2D eigenvalue weighted by molar-refractivity contribution is -0.699. The fraction of sp³-hybridized carbons (Fsp3) is 0.333. The van der Waals surface area contributed by atoms with Gasteiger partial charge in [-0.3, -0.25) is 0 Å². The Balaban J connectivity index is 3.00. The van der Waals surface area contributed by atoms with E-state index in [0.717, 1.165) is 13.0 Å². The molecule has 0 amide bonds. The first-order chi connectivity index (χ1) is 5.75. The Hall–Kier alpha value is -1.38. The van der Waals surface area contributed by atoms with Crippen LogP contribution in [0.1, 0.15) is 23.8 Å². The lowest BCUT2D eigenvalue weighted by Crippen LogP contribution is -2.39. The number of aromatic nitrogens is 1. The van der Waals surface area contributed by atoms with E-state index < -0.39 is 5.97 Å². The zero-order valence-electron chi connectivity index (χ0n) is 7.03. The molecule has 64 valence electrons. The summed E-state index contributed by atoms with van der Waals surface area (Å²) in [6.07, 6.45) is 2.72. The standard InChI is InChI=1S/C9H11NO2/c1-2-6-10-7-4-3-5-8(10)9(11)12/h3-5,7H,2,6H2,1H3/p+1. The first kappa shape index (κ1) is 8.71. The molecule has 1 heterocycles. The van der Waals surface area contributed by atoms with Crippen molar-refractivity contribution >= 4 is 5.97 Å². The van der Waals surface area contributed by atoms with Crippen molar-refractivity contribution in [3.63, 3.8) is 0 Å². The first-order valence-electron chi connectivity index (χ1n) is 3.97. The average molecular weight is 166 g/mol. The Morgan fingerprint density at radius 1 is 1.58 bits per heavy atom. The number of hydrogen-bond donors (Lipinski definition) is 1. The SMILES string of the molecule is CCC[n+]1ccccc1C(=O)O. The number of carboxylic acid groups (broad SMARTS) is 1. The van der Waals surface area contributed by atoms with Crippen molar-refractivity contribution in [2.75, 3.05) is 0 Å². The summed E-state index contributed by atoms with van der Waals surface area (Å²) < 4.78 is 1.74. The third-order valence-corrected chi connectivity index (χ3v) is 1.62. The minimum atomic E-state index is -0.871. The van der Waals surface area contributed by atoms with Crippen LogP contribution in [0, 0.1) is 0 Å². The summed E-state index contributed by atoms with van der Waals surface area (Å²) >= 11 is 0.